The molecule has 2 heterocycles. The second-order valence-corrected chi connectivity index (χ2v) is 8.35. The number of amides is 1. The molecule has 146 valence electrons. The van der Waals surface area contributed by atoms with Crippen LogP contribution in [0.5, 0.6) is 0 Å². The Morgan fingerprint density at radius 3 is 2.44 bits per heavy atom. The van der Waals surface area contributed by atoms with E-state index in [0.717, 1.165) is 17.1 Å². The second-order valence-electron chi connectivity index (χ2n) is 7.57. The summed E-state index contributed by atoms with van der Waals surface area (Å²) < 4.78 is 7.28. The van der Waals surface area contributed by atoms with Gasteiger partial charge in [-0.1, -0.05) is 35.3 Å². The number of benzene rings is 1. The van der Waals surface area contributed by atoms with Gasteiger partial charge in [0.15, 0.2) is 0 Å². The standard InChI is InChI=1S/C19H24Cl2N4O2/c1-19(2,3)27-18(26)25-10-8-24(9-11-25)16-12-15(22-23(16)4)13-6-5-7-14(20)17(13)21/h5-7,12H,8-11H2,1-4H3. The fraction of sp³-hybridized carbons (Fsp3) is 0.474. The minimum absolute atomic E-state index is 0.265. The zero-order valence-electron chi connectivity index (χ0n) is 16.0. The van der Waals surface area contributed by atoms with E-state index >= 15 is 0 Å². The molecule has 6 nitrogen and oxygen atoms in total. The van der Waals surface area contributed by atoms with Crippen molar-refractivity contribution in [3.05, 3.63) is 34.3 Å². The molecule has 8 heteroatoms. The number of carbonyl (C=O) groups excluding carboxylic acids is 1. The molecular formula is C19H24Cl2N4O2. The number of anilines is 1. The van der Waals surface area contributed by atoms with Crippen molar-refractivity contribution >= 4 is 35.1 Å². The molecule has 1 amide bonds. The van der Waals surface area contributed by atoms with E-state index in [-0.39, 0.29) is 6.09 Å². The largest absolute Gasteiger partial charge is 0.444 e. The molecule has 0 radical (unpaired) electrons. The van der Waals surface area contributed by atoms with Crippen LogP contribution in [0.15, 0.2) is 24.3 Å². The molecule has 1 saturated heterocycles. The molecule has 1 aromatic carbocycles. The molecule has 1 aromatic heterocycles. The van der Waals surface area contributed by atoms with Crippen molar-refractivity contribution in [2.24, 2.45) is 7.05 Å². The zero-order chi connectivity index (χ0) is 19.8. The Morgan fingerprint density at radius 2 is 1.81 bits per heavy atom. The fourth-order valence-corrected chi connectivity index (χ4v) is 3.43. The summed E-state index contributed by atoms with van der Waals surface area (Å²) in [5.41, 5.74) is 1.09. The minimum Gasteiger partial charge on any atom is -0.444 e. The molecule has 0 spiro atoms. The smallest absolute Gasteiger partial charge is 0.410 e. The van der Waals surface area contributed by atoms with Gasteiger partial charge >= 0.3 is 6.09 Å². The third-order valence-corrected chi connectivity index (χ3v) is 5.16. The van der Waals surface area contributed by atoms with E-state index in [1.807, 2.05) is 50.7 Å². The van der Waals surface area contributed by atoms with E-state index in [0.29, 0.717) is 36.2 Å². The van der Waals surface area contributed by atoms with E-state index in [1.165, 1.54) is 0 Å². The number of carbonyl (C=O) groups is 1. The van der Waals surface area contributed by atoms with Crippen LogP contribution >= 0.6 is 23.2 Å². The van der Waals surface area contributed by atoms with Crippen LogP contribution in [-0.2, 0) is 11.8 Å². The lowest BCUT2D eigenvalue weighted by atomic mass is 10.1. The Kier molecular flexibility index (Phi) is 5.58. The van der Waals surface area contributed by atoms with E-state index in [2.05, 4.69) is 10.00 Å². The van der Waals surface area contributed by atoms with E-state index in [1.54, 1.807) is 11.0 Å². The second kappa shape index (κ2) is 7.60. The van der Waals surface area contributed by atoms with Gasteiger partial charge in [0.25, 0.3) is 0 Å². The number of hydrogen-bond donors (Lipinski definition) is 0. The number of halogens is 2. The molecule has 0 bridgehead atoms. The number of ether oxygens (including phenoxy) is 1. The number of nitrogens with zero attached hydrogens (tertiary/aromatic N) is 4. The molecular weight excluding hydrogens is 387 g/mol. The van der Waals surface area contributed by atoms with Gasteiger partial charge in [0.2, 0.25) is 0 Å². The maximum atomic E-state index is 12.2. The topological polar surface area (TPSA) is 50.6 Å². The van der Waals surface area contributed by atoms with Gasteiger partial charge in [-0.3, -0.25) is 4.68 Å². The van der Waals surface area contributed by atoms with Crippen molar-refractivity contribution in [3.8, 4) is 11.3 Å². The van der Waals surface area contributed by atoms with E-state index in [9.17, 15) is 4.79 Å². The molecule has 27 heavy (non-hydrogen) atoms. The molecule has 0 saturated carbocycles. The summed E-state index contributed by atoms with van der Waals surface area (Å²) in [5, 5.41) is 5.59. The van der Waals surface area contributed by atoms with Gasteiger partial charge in [-0.05, 0) is 26.8 Å². The van der Waals surface area contributed by atoms with Crippen molar-refractivity contribution < 1.29 is 9.53 Å². The average molecular weight is 411 g/mol. The number of rotatable bonds is 2. The maximum absolute atomic E-state index is 12.2. The predicted molar refractivity (Wildman–Crippen MR) is 109 cm³/mol. The summed E-state index contributed by atoms with van der Waals surface area (Å²) in [7, 11) is 1.90. The SMILES string of the molecule is Cn1nc(-c2cccc(Cl)c2Cl)cc1N1CCN(C(=O)OC(C)(C)C)CC1. The van der Waals surface area contributed by atoms with Crippen LogP contribution in [0.4, 0.5) is 10.6 Å². The summed E-state index contributed by atoms with van der Waals surface area (Å²) in [4.78, 5) is 16.2. The Balaban J connectivity index is 1.71. The first-order valence-electron chi connectivity index (χ1n) is 8.87. The molecule has 1 aliphatic heterocycles. The Morgan fingerprint density at radius 1 is 1.15 bits per heavy atom. The molecule has 0 aliphatic carbocycles. The minimum atomic E-state index is -0.485. The number of aryl methyl sites for hydroxylation is 1. The molecule has 0 unspecified atom stereocenters. The summed E-state index contributed by atoms with van der Waals surface area (Å²) in [6.45, 7) is 8.25. The lowest BCUT2D eigenvalue weighted by Crippen LogP contribution is -2.50. The third-order valence-electron chi connectivity index (χ3n) is 4.34. The third kappa shape index (κ3) is 4.50. The van der Waals surface area contributed by atoms with Crippen LogP contribution in [0.3, 0.4) is 0 Å². The van der Waals surface area contributed by atoms with Crippen LogP contribution < -0.4 is 4.90 Å². The lowest BCUT2D eigenvalue weighted by Gasteiger charge is -2.36. The van der Waals surface area contributed by atoms with Crippen LogP contribution in [-0.4, -0.2) is 52.6 Å². The van der Waals surface area contributed by atoms with E-state index < -0.39 is 5.60 Å². The predicted octanol–water partition coefficient (Wildman–Crippen LogP) is 4.45. The normalized spacial score (nSPS) is 15.2. The molecule has 1 aliphatic rings. The van der Waals surface area contributed by atoms with Gasteiger partial charge in [-0.2, -0.15) is 5.10 Å². The average Bonchev–Trinajstić information content (AvgIpc) is 2.97. The van der Waals surface area contributed by atoms with E-state index in [4.69, 9.17) is 27.9 Å². The highest BCUT2D eigenvalue weighted by Gasteiger charge is 2.27. The van der Waals surface area contributed by atoms with Gasteiger partial charge in [-0.15, -0.1) is 0 Å². The highest BCUT2D eigenvalue weighted by atomic mass is 35.5. The first-order chi connectivity index (χ1) is 12.7. The monoisotopic (exact) mass is 410 g/mol. The highest BCUT2D eigenvalue weighted by Crippen LogP contribution is 2.34. The van der Waals surface area contributed by atoms with Crippen molar-refractivity contribution in [2.45, 2.75) is 26.4 Å². The van der Waals surface area contributed by atoms with Crippen molar-refractivity contribution in [3.63, 3.8) is 0 Å². The summed E-state index contributed by atoms with van der Waals surface area (Å²) in [6.07, 6.45) is -0.265. The van der Waals surface area contributed by atoms with Crippen LogP contribution in [0, 0.1) is 0 Å². The highest BCUT2D eigenvalue weighted by molar-refractivity contribution is 6.43. The number of hydrogen-bond acceptors (Lipinski definition) is 4. The van der Waals surface area contributed by atoms with Gasteiger partial charge in [0, 0.05) is 44.9 Å². The van der Waals surface area contributed by atoms with Crippen LogP contribution in [0.25, 0.3) is 11.3 Å². The number of aromatic nitrogens is 2. The van der Waals surface area contributed by atoms with Crippen LogP contribution in [0.2, 0.25) is 10.0 Å². The lowest BCUT2D eigenvalue weighted by molar-refractivity contribution is 0.0240. The molecule has 2 aromatic rings. The van der Waals surface area contributed by atoms with Crippen LogP contribution in [0.1, 0.15) is 20.8 Å². The molecule has 0 atom stereocenters. The Labute approximate surface area is 169 Å². The van der Waals surface area contributed by atoms with Crippen molar-refractivity contribution in [1.82, 2.24) is 14.7 Å². The first-order valence-corrected chi connectivity index (χ1v) is 9.62. The van der Waals surface area contributed by atoms with Gasteiger partial charge in [0.1, 0.15) is 11.4 Å². The maximum Gasteiger partial charge on any atom is 0.410 e. The molecule has 0 N–H and O–H groups in total. The zero-order valence-corrected chi connectivity index (χ0v) is 17.5. The summed E-state index contributed by atoms with van der Waals surface area (Å²) in [6, 6.07) is 7.52. The fourth-order valence-electron chi connectivity index (χ4n) is 3.03. The number of piperazine rings is 1. The Hall–Kier alpha value is -1.92. The van der Waals surface area contributed by atoms with Crippen molar-refractivity contribution in [1.29, 1.82) is 0 Å². The molecule has 3 rings (SSSR count). The van der Waals surface area contributed by atoms with Gasteiger partial charge in [0.05, 0.1) is 15.7 Å². The Bertz CT molecular complexity index is 837. The summed E-state index contributed by atoms with van der Waals surface area (Å²) >= 11 is 12.5. The van der Waals surface area contributed by atoms with Crippen molar-refractivity contribution in [2.75, 3.05) is 31.1 Å². The summed E-state index contributed by atoms with van der Waals surface area (Å²) in [5.74, 6) is 0.977. The van der Waals surface area contributed by atoms with Gasteiger partial charge < -0.3 is 14.5 Å². The quantitative estimate of drug-likeness (QED) is 0.733. The van der Waals surface area contributed by atoms with Gasteiger partial charge in [-0.25, -0.2) is 4.79 Å². The first kappa shape index (κ1) is 19.8. The molecule has 1 fully saturated rings.